The van der Waals surface area contributed by atoms with Crippen LogP contribution in [0.4, 0.5) is 5.82 Å². The first-order valence-electron chi connectivity index (χ1n) is 6.63. The van der Waals surface area contributed by atoms with Crippen molar-refractivity contribution < 1.29 is 0 Å². The Kier molecular flexibility index (Phi) is 4.66. The van der Waals surface area contributed by atoms with Crippen LogP contribution in [0.2, 0.25) is 0 Å². The Bertz CT molecular complexity index is 473. The van der Waals surface area contributed by atoms with Gasteiger partial charge in [-0.05, 0) is 19.4 Å². The monoisotopic (exact) mass is 260 g/mol. The highest BCUT2D eigenvalue weighted by Crippen LogP contribution is 2.16. The molecule has 0 aliphatic carbocycles. The van der Waals surface area contributed by atoms with Gasteiger partial charge in [-0.15, -0.1) is 5.10 Å². The van der Waals surface area contributed by atoms with Gasteiger partial charge in [0.1, 0.15) is 11.6 Å². The quantitative estimate of drug-likeness (QED) is 0.810. The maximum atomic E-state index is 9.20. The van der Waals surface area contributed by atoms with Crippen LogP contribution in [-0.4, -0.2) is 54.4 Å². The number of aryl methyl sites for hydroxylation is 1. The van der Waals surface area contributed by atoms with Crippen molar-refractivity contribution in [3.8, 4) is 6.07 Å². The molecule has 102 valence electrons. The molecule has 19 heavy (non-hydrogen) atoms. The fourth-order valence-corrected chi connectivity index (χ4v) is 2.14. The second kappa shape index (κ2) is 6.45. The van der Waals surface area contributed by atoms with Crippen molar-refractivity contribution in [2.45, 2.75) is 13.8 Å². The molecular formula is C13H20N6. The van der Waals surface area contributed by atoms with Crippen molar-refractivity contribution in [2.24, 2.45) is 0 Å². The van der Waals surface area contributed by atoms with Crippen LogP contribution in [0.3, 0.4) is 0 Å². The zero-order valence-electron chi connectivity index (χ0n) is 11.5. The van der Waals surface area contributed by atoms with Gasteiger partial charge in [-0.25, -0.2) is 0 Å². The highest BCUT2D eigenvalue weighted by molar-refractivity contribution is 5.55. The van der Waals surface area contributed by atoms with Crippen LogP contribution >= 0.6 is 0 Å². The van der Waals surface area contributed by atoms with Gasteiger partial charge < -0.3 is 10.6 Å². The summed E-state index contributed by atoms with van der Waals surface area (Å²) in [5.41, 5.74) is 2.32. The Labute approximate surface area is 113 Å². The second-order valence-electron chi connectivity index (χ2n) is 4.76. The molecular weight excluding hydrogens is 240 g/mol. The predicted molar refractivity (Wildman–Crippen MR) is 74.0 cm³/mol. The number of nitriles is 1. The molecule has 2 heterocycles. The number of hydrogen-bond donors (Lipinski definition) is 2. The topological polar surface area (TPSA) is 76.9 Å². The summed E-state index contributed by atoms with van der Waals surface area (Å²) in [7, 11) is 0. The van der Waals surface area contributed by atoms with Gasteiger partial charge in [0.05, 0.1) is 5.69 Å². The third kappa shape index (κ3) is 3.40. The summed E-state index contributed by atoms with van der Waals surface area (Å²) in [6.07, 6.45) is 0. The van der Waals surface area contributed by atoms with E-state index in [9.17, 15) is 5.26 Å². The van der Waals surface area contributed by atoms with Crippen molar-refractivity contribution in [1.82, 2.24) is 20.4 Å². The fraction of sp³-hybridized carbons (Fsp3) is 0.615. The third-order valence-corrected chi connectivity index (χ3v) is 3.50. The van der Waals surface area contributed by atoms with Crippen molar-refractivity contribution in [2.75, 3.05) is 44.6 Å². The van der Waals surface area contributed by atoms with Crippen LogP contribution < -0.4 is 10.6 Å². The lowest BCUT2D eigenvalue weighted by Gasteiger charge is -2.27. The Morgan fingerprint density at radius 2 is 2.05 bits per heavy atom. The van der Waals surface area contributed by atoms with Crippen LogP contribution in [0.15, 0.2) is 0 Å². The van der Waals surface area contributed by atoms with E-state index in [-0.39, 0.29) is 0 Å². The van der Waals surface area contributed by atoms with E-state index in [1.807, 2.05) is 13.8 Å². The van der Waals surface area contributed by atoms with Crippen molar-refractivity contribution in [1.29, 1.82) is 5.26 Å². The van der Waals surface area contributed by atoms with E-state index < -0.39 is 0 Å². The van der Waals surface area contributed by atoms with Gasteiger partial charge in [-0.1, -0.05) is 0 Å². The van der Waals surface area contributed by atoms with E-state index in [1.54, 1.807) is 0 Å². The van der Waals surface area contributed by atoms with Crippen LogP contribution in [-0.2, 0) is 0 Å². The lowest BCUT2D eigenvalue weighted by atomic mass is 10.1. The van der Waals surface area contributed by atoms with Gasteiger partial charge in [0.15, 0.2) is 5.82 Å². The van der Waals surface area contributed by atoms with E-state index in [2.05, 4.69) is 31.8 Å². The standard InChI is InChI=1S/C13H20N6/c1-10-11(2)17-18-13(12(10)9-14)16-5-8-19-6-3-15-4-7-19/h15H,3-8H2,1-2H3,(H,16,18). The summed E-state index contributed by atoms with van der Waals surface area (Å²) < 4.78 is 0. The average molecular weight is 260 g/mol. The zero-order valence-corrected chi connectivity index (χ0v) is 11.5. The normalized spacial score (nSPS) is 16.1. The second-order valence-corrected chi connectivity index (χ2v) is 4.76. The molecule has 0 radical (unpaired) electrons. The van der Waals surface area contributed by atoms with E-state index in [4.69, 9.17) is 0 Å². The molecule has 0 aromatic carbocycles. The molecule has 1 aromatic rings. The van der Waals surface area contributed by atoms with E-state index in [1.165, 1.54) is 0 Å². The summed E-state index contributed by atoms with van der Waals surface area (Å²) in [6.45, 7) is 9.77. The van der Waals surface area contributed by atoms with E-state index in [0.29, 0.717) is 11.4 Å². The first-order chi connectivity index (χ1) is 9.22. The van der Waals surface area contributed by atoms with E-state index >= 15 is 0 Å². The molecule has 0 saturated carbocycles. The lowest BCUT2D eigenvalue weighted by molar-refractivity contribution is 0.249. The molecule has 1 aliphatic rings. The van der Waals surface area contributed by atoms with Gasteiger partial charge in [-0.3, -0.25) is 4.90 Å². The molecule has 1 saturated heterocycles. The van der Waals surface area contributed by atoms with Gasteiger partial charge >= 0.3 is 0 Å². The zero-order chi connectivity index (χ0) is 13.7. The Hall–Kier alpha value is -1.71. The SMILES string of the molecule is Cc1nnc(NCCN2CCNCC2)c(C#N)c1C. The molecule has 0 amide bonds. The Balaban J connectivity index is 1.92. The summed E-state index contributed by atoms with van der Waals surface area (Å²) >= 11 is 0. The number of nitrogens with zero attached hydrogens (tertiary/aromatic N) is 4. The first-order valence-corrected chi connectivity index (χ1v) is 6.63. The summed E-state index contributed by atoms with van der Waals surface area (Å²) in [4.78, 5) is 2.39. The number of aromatic nitrogens is 2. The number of rotatable bonds is 4. The van der Waals surface area contributed by atoms with E-state index in [0.717, 1.165) is 50.5 Å². The minimum absolute atomic E-state index is 0.598. The third-order valence-electron chi connectivity index (χ3n) is 3.50. The predicted octanol–water partition coefficient (Wildman–Crippen LogP) is 0.282. The highest BCUT2D eigenvalue weighted by atomic mass is 15.2. The van der Waals surface area contributed by atoms with Crippen LogP contribution in [0.25, 0.3) is 0 Å². The maximum Gasteiger partial charge on any atom is 0.166 e. The molecule has 0 spiro atoms. The molecule has 0 bridgehead atoms. The summed E-state index contributed by atoms with van der Waals surface area (Å²) in [5.74, 6) is 0.598. The minimum Gasteiger partial charge on any atom is -0.366 e. The molecule has 2 N–H and O–H groups in total. The van der Waals surface area contributed by atoms with Crippen LogP contribution in [0.1, 0.15) is 16.8 Å². The molecule has 2 rings (SSSR count). The van der Waals surface area contributed by atoms with Gasteiger partial charge in [0.2, 0.25) is 0 Å². The largest absolute Gasteiger partial charge is 0.366 e. The Morgan fingerprint density at radius 3 is 2.74 bits per heavy atom. The Morgan fingerprint density at radius 1 is 1.32 bits per heavy atom. The first kappa shape index (κ1) is 13.7. The van der Waals surface area contributed by atoms with Gasteiger partial charge in [-0.2, -0.15) is 10.4 Å². The number of piperazine rings is 1. The maximum absolute atomic E-state index is 9.20. The van der Waals surface area contributed by atoms with Crippen molar-refractivity contribution >= 4 is 5.82 Å². The molecule has 1 fully saturated rings. The molecule has 1 aliphatic heterocycles. The molecule has 0 atom stereocenters. The lowest BCUT2D eigenvalue weighted by Crippen LogP contribution is -2.45. The van der Waals surface area contributed by atoms with Crippen molar-refractivity contribution in [3.05, 3.63) is 16.8 Å². The van der Waals surface area contributed by atoms with Gasteiger partial charge in [0, 0.05) is 39.3 Å². The fourth-order valence-electron chi connectivity index (χ4n) is 2.14. The summed E-state index contributed by atoms with van der Waals surface area (Å²) in [6, 6.07) is 2.20. The van der Waals surface area contributed by atoms with Crippen LogP contribution in [0.5, 0.6) is 0 Å². The summed E-state index contributed by atoms with van der Waals surface area (Å²) in [5, 5.41) is 23.9. The average Bonchev–Trinajstić information content (AvgIpc) is 2.44. The smallest absolute Gasteiger partial charge is 0.166 e. The molecule has 1 aromatic heterocycles. The number of hydrogen-bond acceptors (Lipinski definition) is 6. The van der Waals surface area contributed by atoms with Gasteiger partial charge in [0.25, 0.3) is 0 Å². The minimum atomic E-state index is 0.598. The number of anilines is 1. The molecule has 6 nitrogen and oxygen atoms in total. The molecule has 0 unspecified atom stereocenters. The molecule has 6 heteroatoms. The van der Waals surface area contributed by atoms with Crippen LogP contribution in [0, 0.1) is 25.2 Å². The van der Waals surface area contributed by atoms with Crippen molar-refractivity contribution in [3.63, 3.8) is 0 Å². The number of nitrogens with one attached hydrogen (secondary N) is 2. The highest BCUT2D eigenvalue weighted by Gasteiger charge is 2.12.